The molecule has 0 radical (unpaired) electrons. The fraction of sp³-hybridized carbons (Fsp3) is 0.297. The van der Waals surface area contributed by atoms with Gasteiger partial charge in [-0.2, -0.15) is 4.31 Å². The Kier molecular flexibility index (Phi) is 11.3. The minimum absolute atomic E-state index is 0.0144. The summed E-state index contributed by atoms with van der Waals surface area (Å²) in [5.74, 6) is -0.339. The first-order valence-electron chi connectivity index (χ1n) is 15.6. The number of rotatable bonds is 14. The van der Waals surface area contributed by atoms with Gasteiger partial charge in [-0.3, -0.25) is 4.79 Å². The molecule has 0 aliphatic heterocycles. The van der Waals surface area contributed by atoms with Crippen LogP contribution in [0.15, 0.2) is 108 Å². The molecule has 1 aliphatic carbocycles. The molecule has 10 heteroatoms. The van der Waals surface area contributed by atoms with E-state index in [1.165, 1.54) is 28.6 Å². The average molecular weight is 720 g/mol. The van der Waals surface area contributed by atoms with Gasteiger partial charge >= 0.3 is 6.09 Å². The Morgan fingerprint density at radius 1 is 0.851 bits per heavy atom. The van der Waals surface area contributed by atoms with Crippen molar-refractivity contribution >= 4 is 37.8 Å². The molecule has 1 amide bonds. The number of aliphatic hydroxyl groups excluding tert-OH is 1. The Balaban J connectivity index is 1.33. The molecule has 0 fully saturated rings. The summed E-state index contributed by atoms with van der Waals surface area (Å²) in [6.07, 6.45) is -1.71. The van der Waals surface area contributed by atoms with Crippen molar-refractivity contribution in [2.45, 2.75) is 43.2 Å². The second kappa shape index (κ2) is 15.4. The Morgan fingerprint density at radius 2 is 1.43 bits per heavy atom. The summed E-state index contributed by atoms with van der Waals surface area (Å²) < 4.78 is 34.7. The fourth-order valence-corrected chi connectivity index (χ4v) is 7.94. The molecule has 0 saturated heterocycles. The van der Waals surface area contributed by atoms with Gasteiger partial charge in [0.1, 0.15) is 6.61 Å². The molecule has 0 heterocycles. The van der Waals surface area contributed by atoms with Gasteiger partial charge in [-0.15, -0.1) is 0 Å². The predicted molar refractivity (Wildman–Crippen MR) is 186 cm³/mol. The lowest BCUT2D eigenvalue weighted by molar-refractivity contribution is 0.0885. The average Bonchev–Trinajstić information content (AvgIpc) is 3.40. The van der Waals surface area contributed by atoms with Crippen LogP contribution < -0.4 is 5.32 Å². The molecule has 0 aromatic heterocycles. The minimum Gasteiger partial charge on any atom is -0.449 e. The third kappa shape index (κ3) is 8.19. The number of alkyl carbamates (subject to hydrolysis) is 1. The number of hydrogen-bond donors (Lipinski definition) is 2. The Labute approximate surface area is 285 Å². The number of hydrogen-bond acceptors (Lipinski definition) is 6. The van der Waals surface area contributed by atoms with Gasteiger partial charge < -0.3 is 15.2 Å². The molecule has 5 rings (SSSR count). The third-order valence-corrected chi connectivity index (χ3v) is 10.7. The van der Waals surface area contributed by atoms with Gasteiger partial charge in [-0.1, -0.05) is 121 Å². The number of benzene rings is 4. The molecular weight excluding hydrogens is 680 g/mol. The molecule has 2 atom stereocenters. The Bertz CT molecular complexity index is 1750. The maximum Gasteiger partial charge on any atom is 0.407 e. The first-order chi connectivity index (χ1) is 22.6. The maximum absolute atomic E-state index is 13.8. The molecule has 246 valence electrons. The normalized spacial score (nSPS) is 14.0. The quantitative estimate of drug-likeness (QED) is 0.115. The van der Waals surface area contributed by atoms with Crippen LogP contribution in [0.25, 0.3) is 11.1 Å². The fourth-order valence-electron chi connectivity index (χ4n) is 6.00. The summed E-state index contributed by atoms with van der Waals surface area (Å²) in [7, 11) is -4.05. The number of ketones is 1. The van der Waals surface area contributed by atoms with Crippen LogP contribution in [0, 0.1) is 5.92 Å². The molecule has 0 bridgehead atoms. The van der Waals surface area contributed by atoms with E-state index in [1.54, 1.807) is 0 Å². The second-order valence-corrected chi connectivity index (χ2v) is 14.6. The number of sulfonamides is 1. The molecule has 4 aromatic rings. The SMILES string of the molecule is CC(C)CN(CC(O)[C@H](Cc1ccccc1)NC(=O)OCC1c2ccccc2-c2ccccc21)S(=O)(=O)c1ccc(C(=O)CBr)cc1. The zero-order valence-electron chi connectivity index (χ0n) is 26.4. The number of carbonyl (C=O) groups excluding carboxylic acids is 2. The van der Waals surface area contributed by atoms with Crippen molar-refractivity contribution in [2.75, 3.05) is 25.0 Å². The summed E-state index contributed by atoms with van der Waals surface area (Å²) in [5.41, 5.74) is 5.66. The molecule has 4 aromatic carbocycles. The van der Waals surface area contributed by atoms with Gasteiger partial charge in [-0.05, 0) is 52.3 Å². The molecule has 0 saturated carbocycles. The lowest BCUT2D eigenvalue weighted by atomic mass is 9.98. The van der Waals surface area contributed by atoms with Crippen LogP contribution in [0.2, 0.25) is 0 Å². The molecule has 0 spiro atoms. The van der Waals surface area contributed by atoms with E-state index in [0.29, 0.717) is 5.56 Å². The number of Topliss-reactive ketones (excluding diaryl/α,β-unsaturated/α-hetero) is 1. The smallest absolute Gasteiger partial charge is 0.407 e. The predicted octanol–water partition coefficient (Wildman–Crippen LogP) is 6.42. The van der Waals surface area contributed by atoms with Gasteiger partial charge in [0.2, 0.25) is 10.0 Å². The summed E-state index contributed by atoms with van der Waals surface area (Å²) in [6, 6.07) is 30.4. The highest BCUT2D eigenvalue weighted by Gasteiger charge is 2.33. The first-order valence-corrected chi connectivity index (χ1v) is 18.2. The van der Waals surface area contributed by atoms with Crippen LogP contribution in [0.5, 0.6) is 0 Å². The number of aliphatic hydroxyl groups is 1. The topological polar surface area (TPSA) is 113 Å². The van der Waals surface area contributed by atoms with Crippen molar-refractivity contribution in [2.24, 2.45) is 5.92 Å². The lowest BCUT2D eigenvalue weighted by Crippen LogP contribution is -2.51. The molecule has 47 heavy (non-hydrogen) atoms. The van der Waals surface area contributed by atoms with Crippen molar-refractivity contribution in [3.8, 4) is 11.1 Å². The van der Waals surface area contributed by atoms with Gasteiger partial charge in [0, 0.05) is 24.6 Å². The largest absolute Gasteiger partial charge is 0.449 e. The molecule has 1 aliphatic rings. The van der Waals surface area contributed by atoms with Crippen molar-refractivity contribution in [1.29, 1.82) is 0 Å². The first kappa shape index (κ1) is 34.5. The van der Waals surface area contributed by atoms with E-state index in [4.69, 9.17) is 4.74 Å². The van der Waals surface area contributed by atoms with E-state index in [9.17, 15) is 23.1 Å². The molecular formula is C37H39BrN2O6S. The van der Waals surface area contributed by atoms with E-state index < -0.39 is 28.3 Å². The van der Waals surface area contributed by atoms with Gasteiger partial charge in [-0.25, -0.2) is 13.2 Å². The Hall–Kier alpha value is -3.83. The van der Waals surface area contributed by atoms with E-state index in [-0.39, 0.29) is 54.0 Å². The van der Waals surface area contributed by atoms with E-state index in [1.807, 2.05) is 80.6 Å². The second-order valence-electron chi connectivity index (χ2n) is 12.1. The van der Waals surface area contributed by atoms with Crippen molar-refractivity contribution in [3.63, 3.8) is 0 Å². The number of alkyl halides is 1. The summed E-state index contributed by atoms with van der Waals surface area (Å²) in [4.78, 5) is 25.4. The Morgan fingerprint density at radius 3 is 2.00 bits per heavy atom. The number of nitrogens with zero attached hydrogens (tertiary/aromatic N) is 1. The number of halogens is 1. The summed E-state index contributed by atoms with van der Waals surface area (Å²) in [6.45, 7) is 3.77. The number of ether oxygens (including phenoxy) is 1. The monoisotopic (exact) mass is 718 g/mol. The highest BCUT2D eigenvalue weighted by molar-refractivity contribution is 9.09. The van der Waals surface area contributed by atoms with Crippen LogP contribution in [0.1, 0.15) is 46.8 Å². The third-order valence-electron chi connectivity index (χ3n) is 8.30. The number of fused-ring (bicyclic) bond motifs is 3. The van der Waals surface area contributed by atoms with Crippen LogP contribution in [0.3, 0.4) is 0 Å². The van der Waals surface area contributed by atoms with E-state index in [0.717, 1.165) is 27.8 Å². The van der Waals surface area contributed by atoms with Crippen LogP contribution in [-0.4, -0.2) is 66.9 Å². The lowest BCUT2D eigenvalue weighted by Gasteiger charge is -2.30. The summed E-state index contributed by atoms with van der Waals surface area (Å²) >= 11 is 3.14. The molecule has 1 unspecified atom stereocenters. The van der Waals surface area contributed by atoms with Gasteiger partial charge in [0.25, 0.3) is 0 Å². The van der Waals surface area contributed by atoms with Crippen LogP contribution >= 0.6 is 15.9 Å². The zero-order chi connectivity index (χ0) is 33.6. The van der Waals surface area contributed by atoms with E-state index >= 15 is 0 Å². The number of nitrogens with one attached hydrogen (secondary N) is 1. The highest BCUT2D eigenvalue weighted by Crippen LogP contribution is 2.44. The van der Waals surface area contributed by atoms with Crippen molar-refractivity contribution in [1.82, 2.24) is 9.62 Å². The zero-order valence-corrected chi connectivity index (χ0v) is 28.8. The summed E-state index contributed by atoms with van der Waals surface area (Å²) in [5, 5.41) is 14.5. The van der Waals surface area contributed by atoms with Crippen LogP contribution in [0.4, 0.5) is 4.79 Å². The number of carbonyl (C=O) groups is 2. The number of amides is 1. The maximum atomic E-state index is 13.8. The van der Waals surface area contributed by atoms with Crippen molar-refractivity contribution < 1.29 is 27.9 Å². The van der Waals surface area contributed by atoms with Gasteiger partial charge in [0.05, 0.1) is 22.4 Å². The van der Waals surface area contributed by atoms with E-state index in [2.05, 4.69) is 33.4 Å². The van der Waals surface area contributed by atoms with Crippen LogP contribution in [-0.2, 0) is 21.2 Å². The van der Waals surface area contributed by atoms with Gasteiger partial charge in [0.15, 0.2) is 5.78 Å². The minimum atomic E-state index is -4.05. The standard InChI is InChI=1S/C37H39BrN2O6S/c1-25(2)22-40(47(44,45)28-18-16-27(17-19-28)35(41)21-38)23-36(42)34(20-26-10-4-3-5-11-26)39-37(43)46-24-33-31-14-8-6-12-29(31)30-13-7-9-15-32(30)33/h3-19,25,33-34,36,42H,20-24H2,1-2H3,(H,39,43)/t34-,36?/m0/s1. The van der Waals surface area contributed by atoms with Crippen molar-refractivity contribution in [3.05, 3.63) is 125 Å². The highest BCUT2D eigenvalue weighted by atomic mass is 79.9. The molecule has 8 nitrogen and oxygen atoms in total. The molecule has 2 N–H and O–H groups in total.